The van der Waals surface area contributed by atoms with Gasteiger partial charge in [0.1, 0.15) is 6.10 Å². The molecule has 1 atom stereocenters. The lowest BCUT2D eigenvalue weighted by atomic mass is 10.3. The number of aliphatic hydroxyl groups excluding tert-OH is 1. The van der Waals surface area contributed by atoms with E-state index in [1.54, 1.807) is 0 Å². The topological polar surface area (TPSA) is 38.7 Å². The van der Waals surface area contributed by atoms with Gasteiger partial charge in [0.15, 0.2) is 0 Å². The molecule has 1 radical (unpaired) electrons. The molecule has 0 aromatic heterocycles. The van der Waals surface area contributed by atoms with Crippen molar-refractivity contribution in [3.63, 3.8) is 0 Å². The molecule has 0 saturated carbocycles. The van der Waals surface area contributed by atoms with Crippen molar-refractivity contribution >= 4 is 0 Å². The molecule has 0 rings (SSSR count). The van der Waals surface area contributed by atoms with Gasteiger partial charge in [0.05, 0.1) is 13.2 Å². The fraction of sp³-hybridized carbons (Fsp3) is 0.889. The first-order valence-corrected chi connectivity index (χ1v) is 4.44. The van der Waals surface area contributed by atoms with Crippen molar-refractivity contribution in [2.24, 2.45) is 0 Å². The van der Waals surface area contributed by atoms with Crippen molar-refractivity contribution in [3.05, 3.63) is 6.92 Å². The summed E-state index contributed by atoms with van der Waals surface area (Å²) < 4.78 is 10.1. The number of hydrogen-bond acceptors (Lipinski definition) is 3. The lowest BCUT2D eigenvalue weighted by Gasteiger charge is -2.10. The second-order valence-corrected chi connectivity index (χ2v) is 2.66. The molecule has 0 heterocycles. The smallest absolute Gasteiger partial charge is 0.101 e. The Kier molecular flexibility index (Phi) is 8.88. The Labute approximate surface area is 74.7 Å². The lowest BCUT2D eigenvalue weighted by Crippen LogP contribution is -2.21. The van der Waals surface area contributed by atoms with Crippen LogP contribution in [0.5, 0.6) is 0 Å². The van der Waals surface area contributed by atoms with Crippen LogP contribution in [-0.4, -0.2) is 37.6 Å². The van der Waals surface area contributed by atoms with Crippen LogP contribution in [0.4, 0.5) is 0 Å². The first-order chi connectivity index (χ1) is 5.81. The average molecular weight is 175 g/mol. The summed E-state index contributed by atoms with van der Waals surface area (Å²) >= 11 is 0. The van der Waals surface area contributed by atoms with Gasteiger partial charge in [0.2, 0.25) is 0 Å². The van der Waals surface area contributed by atoms with Crippen LogP contribution < -0.4 is 0 Å². The highest BCUT2D eigenvalue weighted by Gasteiger charge is 2.02. The maximum absolute atomic E-state index is 9.20. The first kappa shape index (κ1) is 11.9. The Morgan fingerprint density at radius 2 is 2.00 bits per heavy atom. The van der Waals surface area contributed by atoms with E-state index < -0.39 is 6.10 Å². The van der Waals surface area contributed by atoms with Gasteiger partial charge in [-0.15, -0.1) is 0 Å². The predicted octanol–water partition coefficient (Wildman–Crippen LogP) is 1.01. The number of rotatable bonds is 8. The van der Waals surface area contributed by atoms with Gasteiger partial charge in [-0.05, 0) is 13.3 Å². The normalized spacial score (nSPS) is 13.2. The Hall–Kier alpha value is -0.120. The highest BCUT2D eigenvalue weighted by atomic mass is 16.5. The molecule has 0 aliphatic heterocycles. The summed E-state index contributed by atoms with van der Waals surface area (Å²) in [6.45, 7) is 7.39. The fourth-order valence-electron chi connectivity index (χ4n) is 0.733. The molecule has 1 unspecified atom stereocenters. The molecule has 0 fully saturated rings. The maximum Gasteiger partial charge on any atom is 0.101 e. The standard InChI is InChI=1S/C9H19O3/c1-3-5-6-12-8-9(10)7-11-4-2/h9-10H,2-8H2,1H3. The number of aliphatic hydroxyl groups is 1. The average Bonchev–Trinajstić information content (AvgIpc) is 2.09. The van der Waals surface area contributed by atoms with E-state index in [1.807, 2.05) is 0 Å². The van der Waals surface area contributed by atoms with Crippen molar-refractivity contribution in [1.29, 1.82) is 0 Å². The summed E-state index contributed by atoms with van der Waals surface area (Å²) in [5.41, 5.74) is 0. The third-order valence-electron chi connectivity index (χ3n) is 1.41. The van der Waals surface area contributed by atoms with Gasteiger partial charge in [0, 0.05) is 13.2 Å². The van der Waals surface area contributed by atoms with Crippen molar-refractivity contribution in [2.45, 2.75) is 25.9 Å². The molecule has 1 N–H and O–H groups in total. The molecule has 73 valence electrons. The third-order valence-corrected chi connectivity index (χ3v) is 1.41. The molecular formula is C9H19O3. The van der Waals surface area contributed by atoms with Crippen molar-refractivity contribution < 1.29 is 14.6 Å². The highest BCUT2D eigenvalue weighted by molar-refractivity contribution is 4.51. The minimum Gasteiger partial charge on any atom is -0.388 e. The van der Waals surface area contributed by atoms with E-state index in [0.717, 1.165) is 19.4 Å². The van der Waals surface area contributed by atoms with Crippen LogP contribution in [0.2, 0.25) is 0 Å². The monoisotopic (exact) mass is 175 g/mol. The van der Waals surface area contributed by atoms with E-state index in [1.165, 1.54) is 0 Å². The molecule has 3 heteroatoms. The number of unbranched alkanes of at least 4 members (excludes halogenated alkanes) is 1. The highest BCUT2D eigenvalue weighted by Crippen LogP contribution is 1.91. The van der Waals surface area contributed by atoms with E-state index in [4.69, 9.17) is 9.47 Å². The Bertz CT molecular complexity index is 85.8. The van der Waals surface area contributed by atoms with Crippen LogP contribution in [0.1, 0.15) is 19.8 Å². The van der Waals surface area contributed by atoms with E-state index in [9.17, 15) is 5.11 Å². The minimum atomic E-state index is -0.511. The van der Waals surface area contributed by atoms with Gasteiger partial charge >= 0.3 is 0 Å². The number of hydrogen-bond donors (Lipinski definition) is 1. The molecule has 0 aliphatic carbocycles. The molecule has 12 heavy (non-hydrogen) atoms. The minimum absolute atomic E-state index is 0.315. The maximum atomic E-state index is 9.20. The second kappa shape index (κ2) is 8.97. The Morgan fingerprint density at radius 3 is 2.58 bits per heavy atom. The second-order valence-electron chi connectivity index (χ2n) is 2.66. The van der Waals surface area contributed by atoms with Crippen molar-refractivity contribution in [2.75, 3.05) is 26.4 Å². The van der Waals surface area contributed by atoms with E-state index in [0.29, 0.717) is 19.8 Å². The SMILES string of the molecule is [CH2]COCC(O)COCCCC. The zero-order chi connectivity index (χ0) is 9.23. The molecule has 0 spiro atoms. The van der Waals surface area contributed by atoms with Crippen molar-refractivity contribution in [1.82, 2.24) is 0 Å². The van der Waals surface area contributed by atoms with Crippen LogP contribution in [0.3, 0.4) is 0 Å². The van der Waals surface area contributed by atoms with Crippen LogP contribution >= 0.6 is 0 Å². The first-order valence-electron chi connectivity index (χ1n) is 4.44. The van der Waals surface area contributed by atoms with Crippen LogP contribution in [0, 0.1) is 6.92 Å². The summed E-state index contributed by atoms with van der Waals surface area (Å²) in [4.78, 5) is 0. The van der Waals surface area contributed by atoms with Gasteiger partial charge in [-0.2, -0.15) is 0 Å². The molecule has 0 aromatic carbocycles. The van der Waals surface area contributed by atoms with Gasteiger partial charge in [0.25, 0.3) is 0 Å². The van der Waals surface area contributed by atoms with Crippen LogP contribution in [0.15, 0.2) is 0 Å². The van der Waals surface area contributed by atoms with Gasteiger partial charge in [-0.25, -0.2) is 0 Å². The quantitative estimate of drug-likeness (QED) is 0.560. The van der Waals surface area contributed by atoms with E-state index in [2.05, 4.69) is 13.8 Å². The molecule has 3 nitrogen and oxygen atoms in total. The number of ether oxygens (including phenoxy) is 2. The predicted molar refractivity (Wildman–Crippen MR) is 47.9 cm³/mol. The molecular weight excluding hydrogens is 156 g/mol. The van der Waals surface area contributed by atoms with Gasteiger partial charge in [-0.1, -0.05) is 13.3 Å². The summed E-state index contributed by atoms with van der Waals surface area (Å²) in [5.74, 6) is 0. The molecule has 0 bridgehead atoms. The van der Waals surface area contributed by atoms with E-state index in [-0.39, 0.29) is 0 Å². The lowest BCUT2D eigenvalue weighted by molar-refractivity contribution is -0.0138. The summed E-state index contributed by atoms with van der Waals surface area (Å²) in [6, 6.07) is 0. The molecule has 0 aliphatic rings. The fourth-order valence-corrected chi connectivity index (χ4v) is 0.733. The molecule has 0 amide bonds. The summed E-state index contributed by atoms with van der Waals surface area (Å²) in [6.07, 6.45) is 1.65. The van der Waals surface area contributed by atoms with E-state index >= 15 is 0 Å². The zero-order valence-corrected chi connectivity index (χ0v) is 7.79. The van der Waals surface area contributed by atoms with Gasteiger partial charge in [-0.3, -0.25) is 0 Å². The van der Waals surface area contributed by atoms with Crippen molar-refractivity contribution in [3.8, 4) is 0 Å². The molecule has 0 aromatic rings. The van der Waals surface area contributed by atoms with Crippen LogP contribution in [-0.2, 0) is 9.47 Å². The third kappa shape index (κ3) is 7.98. The largest absolute Gasteiger partial charge is 0.388 e. The Morgan fingerprint density at radius 1 is 1.33 bits per heavy atom. The summed E-state index contributed by atoms with van der Waals surface area (Å²) in [7, 11) is 0. The van der Waals surface area contributed by atoms with Crippen LogP contribution in [0.25, 0.3) is 0 Å². The Balaban J connectivity index is 3.02. The summed E-state index contributed by atoms with van der Waals surface area (Å²) in [5, 5.41) is 9.20. The zero-order valence-electron chi connectivity index (χ0n) is 7.79. The van der Waals surface area contributed by atoms with Gasteiger partial charge < -0.3 is 14.6 Å². The molecule has 0 saturated heterocycles.